The van der Waals surface area contributed by atoms with E-state index in [2.05, 4.69) is 4.72 Å². The lowest BCUT2D eigenvalue weighted by atomic mass is 10.1. The van der Waals surface area contributed by atoms with Crippen molar-refractivity contribution in [1.82, 2.24) is 9.62 Å². The number of carbonyl (C=O) groups is 1. The van der Waals surface area contributed by atoms with Gasteiger partial charge in [-0.2, -0.15) is 0 Å². The molecule has 8 heteroatoms. The highest BCUT2D eigenvalue weighted by atomic mass is 32.2. The van der Waals surface area contributed by atoms with Gasteiger partial charge in [-0.3, -0.25) is 4.79 Å². The molecule has 1 fully saturated rings. The Morgan fingerprint density at radius 1 is 1.43 bits per heavy atom. The molecule has 0 radical (unpaired) electrons. The minimum absolute atomic E-state index is 0.0838. The SMILES string of the molecule is CS(=O)(=O)N[C@@H]1CCCN(C(=O)CCOc2ccccc2F)C1. The van der Waals surface area contributed by atoms with Gasteiger partial charge in [0.15, 0.2) is 11.6 Å². The molecule has 0 unspecified atom stereocenters. The van der Waals surface area contributed by atoms with Crippen LogP contribution in [0.25, 0.3) is 0 Å². The molecule has 1 aromatic rings. The normalized spacial score (nSPS) is 18.7. The lowest BCUT2D eigenvalue weighted by Crippen LogP contribution is -2.49. The van der Waals surface area contributed by atoms with Crippen LogP contribution in [0.5, 0.6) is 5.75 Å². The molecule has 1 atom stereocenters. The van der Waals surface area contributed by atoms with E-state index in [0.717, 1.165) is 12.7 Å². The van der Waals surface area contributed by atoms with Crippen molar-refractivity contribution >= 4 is 15.9 Å². The zero-order valence-corrected chi connectivity index (χ0v) is 13.8. The van der Waals surface area contributed by atoms with Crippen LogP contribution in [-0.4, -0.2) is 51.2 Å². The first-order chi connectivity index (χ1) is 10.8. The lowest BCUT2D eigenvalue weighted by molar-refractivity contribution is -0.133. The molecule has 1 N–H and O–H groups in total. The number of para-hydroxylation sites is 1. The second kappa shape index (κ2) is 7.74. The molecule has 6 nitrogen and oxygen atoms in total. The Morgan fingerprint density at radius 2 is 2.17 bits per heavy atom. The number of likely N-dealkylation sites (tertiary alicyclic amines) is 1. The van der Waals surface area contributed by atoms with Crippen molar-refractivity contribution in [3.63, 3.8) is 0 Å². The smallest absolute Gasteiger partial charge is 0.226 e. The summed E-state index contributed by atoms with van der Waals surface area (Å²) in [5, 5.41) is 0. The van der Waals surface area contributed by atoms with Gasteiger partial charge in [0, 0.05) is 19.1 Å². The number of benzene rings is 1. The summed E-state index contributed by atoms with van der Waals surface area (Å²) in [6.45, 7) is 1.03. The van der Waals surface area contributed by atoms with Crippen LogP contribution in [0, 0.1) is 5.82 Å². The van der Waals surface area contributed by atoms with E-state index in [1.54, 1.807) is 17.0 Å². The van der Waals surface area contributed by atoms with Gasteiger partial charge in [0.1, 0.15) is 0 Å². The fourth-order valence-electron chi connectivity index (χ4n) is 2.57. The Labute approximate surface area is 135 Å². The van der Waals surface area contributed by atoms with Crippen LogP contribution in [-0.2, 0) is 14.8 Å². The van der Waals surface area contributed by atoms with E-state index in [4.69, 9.17) is 4.74 Å². The highest BCUT2D eigenvalue weighted by Crippen LogP contribution is 2.16. The molecule has 1 saturated heterocycles. The number of amides is 1. The molecule has 1 aromatic carbocycles. The van der Waals surface area contributed by atoms with Crippen LogP contribution in [0.4, 0.5) is 4.39 Å². The van der Waals surface area contributed by atoms with Crippen molar-refractivity contribution in [3.05, 3.63) is 30.1 Å². The maximum Gasteiger partial charge on any atom is 0.226 e. The minimum Gasteiger partial charge on any atom is -0.490 e. The molecule has 2 rings (SSSR count). The molecule has 0 saturated carbocycles. The number of nitrogens with one attached hydrogen (secondary N) is 1. The van der Waals surface area contributed by atoms with E-state index in [9.17, 15) is 17.6 Å². The Kier molecular flexibility index (Phi) is 5.95. The minimum atomic E-state index is -3.28. The molecular formula is C15H21FN2O4S. The summed E-state index contributed by atoms with van der Waals surface area (Å²) in [7, 11) is -3.28. The topological polar surface area (TPSA) is 75.7 Å². The Hall–Kier alpha value is -1.67. The van der Waals surface area contributed by atoms with Crippen LogP contribution in [0.2, 0.25) is 0 Å². The molecular weight excluding hydrogens is 323 g/mol. The van der Waals surface area contributed by atoms with Gasteiger partial charge in [0.2, 0.25) is 15.9 Å². The summed E-state index contributed by atoms with van der Waals surface area (Å²) in [6, 6.07) is 5.77. The van der Waals surface area contributed by atoms with Gasteiger partial charge in [-0.1, -0.05) is 12.1 Å². The third-order valence-corrected chi connectivity index (χ3v) is 4.33. The molecule has 23 heavy (non-hydrogen) atoms. The molecule has 0 spiro atoms. The number of hydrogen-bond donors (Lipinski definition) is 1. The number of rotatable bonds is 6. The van der Waals surface area contributed by atoms with Gasteiger partial charge < -0.3 is 9.64 Å². The third kappa shape index (κ3) is 5.80. The molecule has 1 aliphatic rings. The van der Waals surface area contributed by atoms with E-state index < -0.39 is 15.8 Å². The first-order valence-electron chi connectivity index (χ1n) is 7.47. The van der Waals surface area contributed by atoms with E-state index in [1.807, 2.05) is 0 Å². The summed E-state index contributed by atoms with van der Waals surface area (Å²) in [6.07, 6.45) is 2.69. The first-order valence-corrected chi connectivity index (χ1v) is 9.37. The second-order valence-electron chi connectivity index (χ2n) is 5.60. The van der Waals surface area contributed by atoms with Crippen molar-refractivity contribution < 1.29 is 22.3 Å². The van der Waals surface area contributed by atoms with Crippen LogP contribution >= 0.6 is 0 Å². The molecule has 128 valence electrons. The third-order valence-electron chi connectivity index (χ3n) is 3.56. The molecule has 0 bridgehead atoms. The summed E-state index contributed by atoms with van der Waals surface area (Å²) in [5.74, 6) is -0.466. The second-order valence-corrected chi connectivity index (χ2v) is 7.38. The monoisotopic (exact) mass is 344 g/mol. The van der Waals surface area contributed by atoms with Crippen molar-refractivity contribution in [2.45, 2.75) is 25.3 Å². The van der Waals surface area contributed by atoms with Gasteiger partial charge in [0.25, 0.3) is 0 Å². The van der Waals surface area contributed by atoms with Crippen LogP contribution in [0.3, 0.4) is 0 Å². The lowest BCUT2D eigenvalue weighted by Gasteiger charge is -2.32. The maximum absolute atomic E-state index is 13.4. The van der Waals surface area contributed by atoms with E-state index in [0.29, 0.717) is 19.5 Å². The Bertz CT molecular complexity index is 651. The van der Waals surface area contributed by atoms with Crippen LogP contribution in [0.15, 0.2) is 24.3 Å². The van der Waals surface area contributed by atoms with Gasteiger partial charge in [-0.15, -0.1) is 0 Å². The summed E-state index contributed by atoms with van der Waals surface area (Å²) in [5.41, 5.74) is 0. The number of hydrogen-bond acceptors (Lipinski definition) is 4. The molecule has 0 aliphatic carbocycles. The average molecular weight is 344 g/mol. The van der Waals surface area contributed by atoms with E-state index in [-0.39, 0.29) is 30.7 Å². The van der Waals surface area contributed by atoms with Crippen LogP contribution in [0.1, 0.15) is 19.3 Å². The number of ether oxygens (including phenoxy) is 1. The fourth-order valence-corrected chi connectivity index (χ4v) is 3.37. The number of nitrogens with zero attached hydrogens (tertiary/aromatic N) is 1. The van der Waals surface area contributed by atoms with Gasteiger partial charge in [0.05, 0.1) is 19.3 Å². The van der Waals surface area contributed by atoms with Crippen molar-refractivity contribution in [2.75, 3.05) is 26.0 Å². The zero-order chi connectivity index (χ0) is 16.9. The van der Waals surface area contributed by atoms with Crippen molar-refractivity contribution in [1.29, 1.82) is 0 Å². The summed E-state index contributed by atoms with van der Waals surface area (Å²) < 4.78 is 43.7. The number of halogens is 1. The average Bonchev–Trinajstić information content (AvgIpc) is 2.47. The van der Waals surface area contributed by atoms with Gasteiger partial charge in [-0.05, 0) is 25.0 Å². The van der Waals surface area contributed by atoms with E-state index >= 15 is 0 Å². The molecule has 1 aliphatic heterocycles. The largest absolute Gasteiger partial charge is 0.490 e. The quantitative estimate of drug-likeness (QED) is 0.839. The summed E-state index contributed by atoms with van der Waals surface area (Å²) in [4.78, 5) is 13.8. The van der Waals surface area contributed by atoms with Gasteiger partial charge in [-0.25, -0.2) is 17.5 Å². The van der Waals surface area contributed by atoms with Gasteiger partial charge >= 0.3 is 0 Å². The fraction of sp³-hybridized carbons (Fsp3) is 0.533. The van der Waals surface area contributed by atoms with Crippen molar-refractivity contribution in [3.8, 4) is 5.75 Å². The Balaban J connectivity index is 1.80. The molecule has 0 aromatic heterocycles. The predicted octanol–water partition coefficient (Wildman–Crippen LogP) is 1.13. The highest BCUT2D eigenvalue weighted by molar-refractivity contribution is 7.88. The highest BCUT2D eigenvalue weighted by Gasteiger charge is 2.25. The molecule has 1 heterocycles. The Morgan fingerprint density at radius 3 is 2.87 bits per heavy atom. The number of sulfonamides is 1. The zero-order valence-electron chi connectivity index (χ0n) is 13.0. The number of carbonyl (C=O) groups excluding carboxylic acids is 1. The predicted molar refractivity (Wildman–Crippen MR) is 84.1 cm³/mol. The van der Waals surface area contributed by atoms with Crippen LogP contribution < -0.4 is 9.46 Å². The maximum atomic E-state index is 13.4. The summed E-state index contributed by atoms with van der Waals surface area (Å²) >= 11 is 0. The van der Waals surface area contributed by atoms with E-state index in [1.165, 1.54) is 12.1 Å². The first kappa shape index (κ1) is 17.7. The van der Waals surface area contributed by atoms with Crippen molar-refractivity contribution in [2.24, 2.45) is 0 Å². The molecule has 1 amide bonds. The standard InChI is InChI=1S/C15H21FN2O4S/c1-23(20,21)17-12-5-4-9-18(11-12)15(19)8-10-22-14-7-3-2-6-13(14)16/h2-3,6-7,12,17H,4-5,8-11H2,1H3/t12-/m1/s1. The number of piperidine rings is 1.